The fourth-order valence-corrected chi connectivity index (χ4v) is 5.60. The summed E-state index contributed by atoms with van der Waals surface area (Å²) in [4.78, 5) is 30.2. The van der Waals surface area contributed by atoms with E-state index in [1.165, 1.54) is 0 Å². The van der Waals surface area contributed by atoms with Crippen molar-refractivity contribution in [2.45, 2.75) is 32.2 Å². The molecule has 1 aromatic heterocycles. The van der Waals surface area contributed by atoms with E-state index in [1.807, 2.05) is 64.9 Å². The van der Waals surface area contributed by atoms with Crippen LogP contribution in [0.3, 0.4) is 0 Å². The van der Waals surface area contributed by atoms with E-state index in [4.69, 9.17) is 9.47 Å². The minimum Gasteiger partial charge on any atom is -0.493 e. The summed E-state index contributed by atoms with van der Waals surface area (Å²) in [6.45, 7) is 5.25. The molecule has 0 bridgehead atoms. The lowest BCUT2D eigenvalue weighted by Crippen LogP contribution is -2.48. The van der Waals surface area contributed by atoms with Gasteiger partial charge in [0, 0.05) is 23.5 Å². The predicted molar refractivity (Wildman–Crippen MR) is 138 cm³/mol. The molecule has 2 atom stereocenters. The van der Waals surface area contributed by atoms with Crippen molar-refractivity contribution in [2.24, 2.45) is 5.92 Å². The first-order chi connectivity index (χ1) is 16.9. The molecule has 0 aliphatic carbocycles. The number of methoxy groups -OCH3 is 2. The van der Waals surface area contributed by atoms with E-state index >= 15 is 0 Å². The van der Waals surface area contributed by atoms with Crippen LogP contribution in [-0.2, 0) is 11.2 Å². The van der Waals surface area contributed by atoms with Gasteiger partial charge in [0.1, 0.15) is 0 Å². The van der Waals surface area contributed by atoms with Crippen molar-refractivity contribution in [3.63, 3.8) is 0 Å². The average molecular weight is 493 g/mol. The van der Waals surface area contributed by atoms with Crippen molar-refractivity contribution < 1.29 is 19.1 Å². The number of fused-ring (bicyclic) bond motifs is 1. The fourth-order valence-electron chi connectivity index (χ4n) is 4.72. The molecule has 7 heteroatoms. The molecule has 2 aromatic carbocycles. The number of hydrogen-bond donors (Lipinski definition) is 1. The molecule has 0 unspecified atom stereocenters. The Balaban J connectivity index is 1.60. The van der Waals surface area contributed by atoms with Gasteiger partial charge in [-0.2, -0.15) is 0 Å². The Kier molecular flexibility index (Phi) is 7.76. The molecule has 35 heavy (non-hydrogen) atoms. The molecule has 0 fully saturated rings. The van der Waals surface area contributed by atoms with E-state index < -0.39 is 5.92 Å². The van der Waals surface area contributed by atoms with Gasteiger partial charge in [0.05, 0.1) is 26.2 Å². The molecule has 0 radical (unpaired) electrons. The van der Waals surface area contributed by atoms with Gasteiger partial charge in [0.2, 0.25) is 5.91 Å². The highest BCUT2D eigenvalue weighted by Crippen LogP contribution is 2.44. The maximum absolute atomic E-state index is 13.7. The number of benzene rings is 2. The molecular weight excluding hydrogens is 460 g/mol. The third-order valence-electron chi connectivity index (χ3n) is 6.28. The number of nitrogens with one attached hydrogen (secondary N) is 1. The number of hydrogen-bond acceptors (Lipinski definition) is 5. The van der Waals surface area contributed by atoms with Crippen LogP contribution in [0.1, 0.15) is 52.2 Å². The second kappa shape index (κ2) is 11.0. The summed E-state index contributed by atoms with van der Waals surface area (Å²) >= 11 is 1.59. The molecule has 1 N–H and O–H groups in total. The van der Waals surface area contributed by atoms with Crippen LogP contribution in [0.15, 0.2) is 60.0 Å². The highest BCUT2D eigenvalue weighted by Gasteiger charge is 2.44. The maximum atomic E-state index is 13.7. The monoisotopic (exact) mass is 492 g/mol. The van der Waals surface area contributed by atoms with Gasteiger partial charge in [0.25, 0.3) is 5.91 Å². The Morgan fingerprint density at radius 2 is 1.83 bits per heavy atom. The van der Waals surface area contributed by atoms with Crippen molar-refractivity contribution in [3.8, 4) is 11.5 Å². The molecule has 3 aromatic rings. The maximum Gasteiger partial charge on any atom is 0.254 e. The molecule has 4 rings (SSSR count). The van der Waals surface area contributed by atoms with E-state index in [9.17, 15) is 9.59 Å². The quantitative estimate of drug-likeness (QED) is 0.453. The Morgan fingerprint density at radius 3 is 2.51 bits per heavy atom. The Hall–Kier alpha value is -3.32. The third-order valence-corrected chi connectivity index (χ3v) is 7.22. The first-order valence-electron chi connectivity index (χ1n) is 11.9. The predicted octanol–water partition coefficient (Wildman–Crippen LogP) is 5.06. The molecule has 2 amide bonds. The summed E-state index contributed by atoms with van der Waals surface area (Å²) in [6.07, 6.45) is 0.652. The number of nitrogens with zero attached hydrogens (tertiary/aromatic N) is 1. The zero-order chi connectivity index (χ0) is 24.9. The second-order valence-corrected chi connectivity index (χ2v) is 10.1. The summed E-state index contributed by atoms with van der Waals surface area (Å²) in [7, 11) is 3.22. The number of thiophene rings is 1. The summed E-state index contributed by atoms with van der Waals surface area (Å²) < 4.78 is 10.7. The summed E-state index contributed by atoms with van der Waals surface area (Å²) in [5, 5.41) is 5.14. The molecule has 0 spiro atoms. The lowest BCUT2D eigenvalue weighted by Gasteiger charge is -2.42. The molecule has 1 aliphatic rings. The Labute approximate surface area is 210 Å². The van der Waals surface area contributed by atoms with Crippen LogP contribution < -0.4 is 14.8 Å². The van der Waals surface area contributed by atoms with Crippen molar-refractivity contribution in [1.82, 2.24) is 10.2 Å². The zero-order valence-corrected chi connectivity index (χ0v) is 21.4. The smallest absolute Gasteiger partial charge is 0.254 e. The SMILES string of the molecule is COc1ccc(CCNC(=O)[C@H]2c3ccccc3C(=O)N(CC(C)C)[C@H]2c2cccs2)cc1OC. The van der Waals surface area contributed by atoms with Gasteiger partial charge < -0.3 is 19.7 Å². The van der Waals surface area contributed by atoms with Gasteiger partial charge in [-0.1, -0.05) is 44.2 Å². The highest BCUT2D eigenvalue weighted by atomic mass is 32.1. The minimum absolute atomic E-state index is 0.0120. The summed E-state index contributed by atoms with van der Waals surface area (Å²) in [5.74, 6) is 1.05. The lowest BCUT2D eigenvalue weighted by molar-refractivity contribution is -0.124. The zero-order valence-electron chi connectivity index (χ0n) is 20.6. The van der Waals surface area contributed by atoms with Crippen LogP contribution in [0.4, 0.5) is 0 Å². The van der Waals surface area contributed by atoms with Crippen LogP contribution in [-0.4, -0.2) is 44.0 Å². The highest BCUT2D eigenvalue weighted by molar-refractivity contribution is 7.10. The van der Waals surface area contributed by atoms with Crippen molar-refractivity contribution in [3.05, 3.63) is 81.5 Å². The van der Waals surface area contributed by atoms with Crippen molar-refractivity contribution in [1.29, 1.82) is 0 Å². The van der Waals surface area contributed by atoms with Crippen LogP contribution in [0.25, 0.3) is 0 Å². The van der Waals surface area contributed by atoms with Gasteiger partial charge in [-0.3, -0.25) is 9.59 Å². The van der Waals surface area contributed by atoms with E-state index in [-0.39, 0.29) is 23.8 Å². The van der Waals surface area contributed by atoms with Crippen LogP contribution in [0.2, 0.25) is 0 Å². The van der Waals surface area contributed by atoms with E-state index in [1.54, 1.807) is 25.6 Å². The lowest BCUT2D eigenvalue weighted by atomic mass is 9.81. The fraction of sp³-hybridized carbons (Fsp3) is 0.357. The normalized spacial score (nSPS) is 17.3. The first kappa shape index (κ1) is 24.8. The average Bonchev–Trinajstić information content (AvgIpc) is 3.39. The minimum atomic E-state index is -0.480. The topological polar surface area (TPSA) is 67.9 Å². The van der Waals surface area contributed by atoms with Crippen LogP contribution in [0.5, 0.6) is 11.5 Å². The molecular formula is C28H32N2O4S. The van der Waals surface area contributed by atoms with Gasteiger partial charge in [0.15, 0.2) is 11.5 Å². The second-order valence-electron chi connectivity index (χ2n) is 9.11. The van der Waals surface area contributed by atoms with Gasteiger partial charge in [-0.15, -0.1) is 11.3 Å². The van der Waals surface area contributed by atoms with Gasteiger partial charge in [-0.05, 0) is 53.1 Å². The van der Waals surface area contributed by atoms with Crippen LogP contribution >= 0.6 is 11.3 Å². The molecule has 0 saturated heterocycles. The number of rotatable bonds is 9. The standard InChI is InChI=1S/C28H32N2O4S/c1-18(2)17-30-26(24-10-7-15-35-24)25(20-8-5-6-9-21(20)28(30)32)27(31)29-14-13-19-11-12-22(33-3)23(16-19)34-4/h5-12,15-16,18,25-26H,13-14,17H2,1-4H3,(H,29,31)/t25-,26-/m0/s1. The van der Waals surface area contributed by atoms with Crippen LogP contribution in [0, 0.1) is 5.92 Å². The van der Waals surface area contributed by atoms with E-state index in [2.05, 4.69) is 19.2 Å². The largest absolute Gasteiger partial charge is 0.493 e. The number of carbonyl (C=O) groups excluding carboxylic acids is 2. The number of amides is 2. The van der Waals surface area contributed by atoms with E-state index in [0.717, 1.165) is 16.0 Å². The first-order valence-corrected chi connectivity index (χ1v) is 12.7. The number of ether oxygens (including phenoxy) is 2. The van der Waals surface area contributed by atoms with Gasteiger partial charge in [-0.25, -0.2) is 0 Å². The number of carbonyl (C=O) groups is 2. The molecule has 2 heterocycles. The van der Waals surface area contributed by atoms with E-state index in [0.29, 0.717) is 36.6 Å². The Morgan fingerprint density at radius 1 is 1.06 bits per heavy atom. The molecule has 1 aliphatic heterocycles. The Bertz CT molecular complexity index is 1180. The molecule has 184 valence electrons. The molecule has 0 saturated carbocycles. The molecule has 6 nitrogen and oxygen atoms in total. The van der Waals surface area contributed by atoms with Crippen molar-refractivity contribution >= 4 is 23.2 Å². The summed E-state index contributed by atoms with van der Waals surface area (Å²) in [5.41, 5.74) is 2.44. The summed E-state index contributed by atoms with van der Waals surface area (Å²) in [6, 6.07) is 17.0. The van der Waals surface area contributed by atoms with Crippen molar-refractivity contribution in [2.75, 3.05) is 27.3 Å². The third kappa shape index (κ3) is 5.20. The van der Waals surface area contributed by atoms with Gasteiger partial charge >= 0.3 is 0 Å².